The standard InChI is InChI=1S/C38H76NO8P/c1-6-8-10-12-14-16-18-19-21-22-24-26-28-30-36(41)37(32-39(3,4)5)47-48(43,44)45-34-35(33-40)46-38(42)31-29-27-25-23-20-17-15-13-11-9-7-2/h35,37,40H,6-34H2,1-5H3/p+1/t35-,37?/m1/s1. The summed E-state index contributed by atoms with van der Waals surface area (Å²) in [5, 5.41) is 9.68. The van der Waals surface area contributed by atoms with E-state index in [-0.39, 0.29) is 25.2 Å². The Labute approximate surface area is 295 Å². The van der Waals surface area contributed by atoms with E-state index >= 15 is 0 Å². The Kier molecular flexibility index (Phi) is 30.4. The van der Waals surface area contributed by atoms with Crippen molar-refractivity contribution in [3.8, 4) is 0 Å². The summed E-state index contributed by atoms with van der Waals surface area (Å²) in [5.74, 6) is -0.695. The summed E-state index contributed by atoms with van der Waals surface area (Å²) in [5.41, 5.74) is 0. The molecule has 0 aliphatic carbocycles. The number of phosphoric acid groups is 1. The molecular weight excluding hydrogens is 629 g/mol. The monoisotopic (exact) mass is 707 g/mol. The Balaban J connectivity index is 4.36. The van der Waals surface area contributed by atoms with Crippen LogP contribution in [-0.2, 0) is 27.9 Å². The van der Waals surface area contributed by atoms with Crippen molar-refractivity contribution in [1.82, 2.24) is 0 Å². The smallest absolute Gasteiger partial charge is 0.457 e. The summed E-state index contributed by atoms with van der Waals surface area (Å²) in [6, 6.07) is 0. The number of carbonyl (C=O) groups excluding carboxylic acids is 2. The molecule has 2 unspecified atom stereocenters. The quantitative estimate of drug-likeness (QED) is 0.0286. The number of carbonyl (C=O) groups is 2. The van der Waals surface area contributed by atoms with E-state index in [0.717, 1.165) is 25.7 Å². The lowest BCUT2D eigenvalue weighted by atomic mass is 10.0. The molecule has 0 amide bonds. The number of phosphoric ester groups is 1. The third-order valence-corrected chi connectivity index (χ3v) is 9.77. The zero-order valence-corrected chi connectivity index (χ0v) is 32.8. The van der Waals surface area contributed by atoms with Crippen molar-refractivity contribution in [2.75, 3.05) is 40.9 Å². The second kappa shape index (κ2) is 30.9. The molecule has 0 bridgehead atoms. The van der Waals surface area contributed by atoms with Gasteiger partial charge in [0, 0.05) is 12.8 Å². The van der Waals surface area contributed by atoms with Crippen LogP contribution in [0.5, 0.6) is 0 Å². The second-order valence-electron chi connectivity index (χ2n) is 14.9. The van der Waals surface area contributed by atoms with Gasteiger partial charge in [0.2, 0.25) is 0 Å². The number of hydrogen-bond acceptors (Lipinski definition) is 7. The molecule has 0 heterocycles. The van der Waals surface area contributed by atoms with Gasteiger partial charge in [-0.2, -0.15) is 0 Å². The van der Waals surface area contributed by atoms with E-state index in [9.17, 15) is 24.2 Å². The third-order valence-electron chi connectivity index (χ3n) is 8.77. The van der Waals surface area contributed by atoms with Crippen molar-refractivity contribution < 1.29 is 42.4 Å². The Hall–Kier alpha value is -0.830. The van der Waals surface area contributed by atoms with Crippen molar-refractivity contribution in [2.24, 2.45) is 0 Å². The summed E-state index contributed by atoms with van der Waals surface area (Å²) >= 11 is 0. The fourth-order valence-electron chi connectivity index (χ4n) is 5.84. The van der Waals surface area contributed by atoms with Crippen LogP contribution in [0.2, 0.25) is 0 Å². The molecule has 2 N–H and O–H groups in total. The lowest BCUT2D eigenvalue weighted by molar-refractivity contribution is -0.872. The van der Waals surface area contributed by atoms with E-state index < -0.39 is 39.2 Å². The highest BCUT2D eigenvalue weighted by atomic mass is 31.2. The van der Waals surface area contributed by atoms with E-state index in [1.807, 2.05) is 21.1 Å². The third kappa shape index (κ3) is 31.2. The molecule has 0 rings (SSSR count). The number of aliphatic hydroxyl groups excluding tert-OH is 1. The van der Waals surface area contributed by atoms with Crippen LogP contribution in [-0.4, -0.2) is 79.3 Å². The molecule has 0 aliphatic rings. The summed E-state index contributed by atoms with van der Waals surface area (Å²) in [6.45, 7) is 3.63. The molecule has 0 saturated heterocycles. The van der Waals surface area contributed by atoms with Gasteiger partial charge in [-0.1, -0.05) is 155 Å². The molecule has 0 fully saturated rings. The predicted octanol–water partition coefficient (Wildman–Crippen LogP) is 9.85. The Bertz CT molecular complexity index is 819. The van der Waals surface area contributed by atoms with Crippen LogP contribution in [0.4, 0.5) is 0 Å². The lowest BCUT2D eigenvalue weighted by Crippen LogP contribution is -2.45. The fourth-order valence-corrected chi connectivity index (χ4v) is 6.76. The van der Waals surface area contributed by atoms with Gasteiger partial charge in [-0.3, -0.25) is 18.6 Å². The number of unbranched alkanes of at least 4 members (excludes halogenated alkanes) is 22. The number of rotatable bonds is 36. The van der Waals surface area contributed by atoms with Crippen LogP contribution in [0.15, 0.2) is 0 Å². The normalized spacial score (nSPS) is 14.5. The minimum atomic E-state index is -4.65. The minimum absolute atomic E-state index is 0.211. The molecule has 0 radical (unpaired) electrons. The number of ether oxygens (including phenoxy) is 1. The predicted molar refractivity (Wildman–Crippen MR) is 197 cm³/mol. The van der Waals surface area contributed by atoms with E-state index in [4.69, 9.17) is 13.8 Å². The van der Waals surface area contributed by atoms with Crippen molar-refractivity contribution in [2.45, 2.75) is 193 Å². The van der Waals surface area contributed by atoms with Crippen LogP contribution < -0.4 is 0 Å². The topological polar surface area (TPSA) is 119 Å². The summed E-state index contributed by atoms with van der Waals surface area (Å²) < 4.78 is 29.0. The van der Waals surface area contributed by atoms with Gasteiger partial charge in [0.25, 0.3) is 0 Å². The maximum Gasteiger partial charge on any atom is 0.473 e. The van der Waals surface area contributed by atoms with Gasteiger partial charge in [-0.05, 0) is 12.8 Å². The van der Waals surface area contributed by atoms with Crippen molar-refractivity contribution in [3.63, 3.8) is 0 Å². The molecule has 0 saturated carbocycles. The zero-order chi connectivity index (χ0) is 35.9. The minimum Gasteiger partial charge on any atom is -0.457 e. The number of likely N-dealkylation sites (N-methyl/N-ethyl adjacent to an activating group) is 1. The average molecular weight is 707 g/mol. The molecule has 3 atom stereocenters. The molecule has 286 valence electrons. The SMILES string of the molecule is CCCCCCCCCCCCCCCC(=O)C(C[N+](C)(C)C)OP(=O)(O)OC[C@@H](CO)OC(=O)CCCCCCCCCCCCC. The van der Waals surface area contributed by atoms with Gasteiger partial charge >= 0.3 is 13.8 Å². The van der Waals surface area contributed by atoms with Gasteiger partial charge in [0.1, 0.15) is 12.6 Å². The second-order valence-corrected chi connectivity index (χ2v) is 16.3. The summed E-state index contributed by atoms with van der Waals surface area (Å²) in [7, 11) is 0.999. The van der Waals surface area contributed by atoms with Gasteiger partial charge in [0.15, 0.2) is 11.9 Å². The molecule has 0 aromatic heterocycles. The first-order valence-corrected chi connectivity index (χ1v) is 21.2. The molecule has 48 heavy (non-hydrogen) atoms. The van der Waals surface area contributed by atoms with E-state index in [1.54, 1.807) is 0 Å². The summed E-state index contributed by atoms with van der Waals surface area (Å²) in [4.78, 5) is 35.8. The van der Waals surface area contributed by atoms with Gasteiger partial charge in [-0.15, -0.1) is 0 Å². The highest BCUT2D eigenvalue weighted by molar-refractivity contribution is 7.47. The largest absolute Gasteiger partial charge is 0.473 e. The number of hydrogen-bond donors (Lipinski definition) is 2. The van der Waals surface area contributed by atoms with Crippen LogP contribution in [0.3, 0.4) is 0 Å². The van der Waals surface area contributed by atoms with Crippen LogP contribution >= 0.6 is 7.82 Å². The zero-order valence-electron chi connectivity index (χ0n) is 31.9. The maximum absolute atomic E-state index is 13.1. The number of quaternary nitrogens is 1. The van der Waals surface area contributed by atoms with Gasteiger partial charge in [-0.25, -0.2) is 4.57 Å². The lowest BCUT2D eigenvalue weighted by Gasteiger charge is -2.29. The van der Waals surface area contributed by atoms with Crippen LogP contribution in [0.1, 0.15) is 181 Å². The fraction of sp³-hybridized carbons (Fsp3) is 0.947. The highest BCUT2D eigenvalue weighted by Gasteiger charge is 2.35. The van der Waals surface area contributed by atoms with Crippen LogP contribution in [0.25, 0.3) is 0 Å². The number of ketones is 1. The molecular formula is C38H77NO8P+. The van der Waals surface area contributed by atoms with Crippen molar-refractivity contribution >= 4 is 19.6 Å². The average Bonchev–Trinajstić information content (AvgIpc) is 3.02. The first-order chi connectivity index (χ1) is 22.9. The first-order valence-electron chi connectivity index (χ1n) is 19.7. The number of aliphatic hydroxyl groups is 1. The van der Waals surface area contributed by atoms with Gasteiger partial charge < -0.3 is 19.2 Å². The molecule has 0 aliphatic heterocycles. The van der Waals surface area contributed by atoms with Gasteiger partial charge in [0.05, 0.1) is 34.4 Å². The molecule has 0 aromatic carbocycles. The number of nitrogens with zero attached hydrogens (tertiary/aromatic N) is 1. The maximum atomic E-state index is 13.1. The van der Waals surface area contributed by atoms with E-state index in [0.29, 0.717) is 17.3 Å². The number of esters is 1. The number of Topliss-reactive ketones (excluding diaryl/α,β-unsaturated/α-hetero) is 1. The van der Waals surface area contributed by atoms with Crippen molar-refractivity contribution in [1.29, 1.82) is 0 Å². The highest BCUT2D eigenvalue weighted by Crippen LogP contribution is 2.45. The van der Waals surface area contributed by atoms with E-state index in [2.05, 4.69) is 13.8 Å². The van der Waals surface area contributed by atoms with Crippen LogP contribution in [0, 0.1) is 0 Å². The first kappa shape index (κ1) is 47.2. The Morgan fingerprint density at radius 1 is 0.625 bits per heavy atom. The Morgan fingerprint density at radius 3 is 1.38 bits per heavy atom. The molecule has 9 nitrogen and oxygen atoms in total. The van der Waals surface area contributed by atoms with Crippen molar-refractivity contribution in [3.05, 3.63) is 0 Å². The molecule has 0 aromatic rings. The molecule has 10 heteroatoms. The Morgan fingerprint density at radius 2 is 1.00 bits per heavy atom. The van der Waals surface area contributed by atoms with E-state index in [1.165, 1.54) is 116 Å². The summed E-state index contributed by atoms with van der Waals surface area (Å²) in [6.07, 6.45) is 27.0. The molecule has 0 spiro atoms.